The van der Waals surface area contributed by atoms with Gasteiger partial charge < -0.3 is 25.3 Å². The van der Waals surface area contributed by atoms with E-state index in [2.05, 4.69) is 5.32 Å². The molecule has 0 unspecified atom stereocenters. The molecule has 3 N–H and O–H groups in total. The van der Waals surface area contributed by atoms with E-state index in [1.54, 1.807) is 6.20 Å². The Morgan fingerprint density at radius 3 is 2.48 bits per heavy atom. The molecule has 5 rings (SSSR count). The Morgan fingerprint density at radius 1 is 1.02 bits per heavy atom. The van der Waals surface area contributed by atoms with E-state index in [0.29, 0.717) is 63.6 Å². The van der Waals surface area contributed by atoms with Gasteiger partial charge in [-0.05, 0) is 61.9 Å². The number of hydrogen-bond acceptors (Lipinski definition) is 5. The number of aromatic nitrogens is 2. The van der Waals surface area contributed by atoms with Gasteiger partial charge in [0.05, 0.1) is 11.7 Å². The summed E-state index contributed by atoms with van der Waals surface area (Å²) in [7, 11) is 0. The fourth-order valence-corrected chi connectivity index (χ4v) is 6.81. The first kappa shape index (κ1) is 34.1. The first-order valence-electron chi connectivity index (χ1n) is 16.9. The lowest BCUT2D eigenvalue weighted by atomic mass is 9.88. The summed E-state index contributed by atoms with van der Waals surface area (Å²) in [5.74, 6) is -0.893. The van der Waals surface area contributed by atoms with E-state index in [9.17, 15) is 9.18 Å². The van der Waals surface area contributed by atoms with E-state index in [1.807, 2.05) is 39.8 Å². The molecular weight excluding hydrogens is 591 g/mol. The summed E-state index contributed by atoms with van der Waals surface area (Å²) in [5, 5.41) is 3.14. The second kappa shape index (κ2) is 17.1. The summed E-state index contributed by atoms with van der Waals surface area (Å²) >= 11 is 0. The number of alkyl halides is 1. The maximum Gasteiger partial charge on any atom is 0.223 e. The fraction of sp³-hybridized carbons (Fsp3) is 0.556. The second-order valence-electron chi connectivity index (χ2n) is 12.8. The zero-order chi connectivity index (χ0) is 32.3. The molecule has 0 spiro atoms. The van der Waals surface area contributed by atoms with Crippen molar-refractivity contribution in [3.05, 3.63) is 77.8 Å². The van der Waals surface area contributed by atoms with Crippen molar-refractivity contribution in [2.24, 2.45) is 17.6 Å². The van der Waals surface area contributed by atoms with Crippen molar-refractivity contribution < 1.29 is 22.7 Å². The standard InChI is InChI=1S/C36H48F3N5O2/c37-29-13-14-31(38)30(20-29)33-25-43(23-26-10-6-5-7-11-26)36(42-33)35(27-15-18-46-19-16-27)44(24-28-21-41-22-32(28)39)34(45)12-8-3-1-2-4-9-17-40/h5-7,10-11,13-14,20,25,27-28,32,35,41H,1-4,8-9,12,15-19,21-24,40H2/t28-,32-,35+/m0/s1. The van der Waals surface area contributed by atoms with Crippen molar-refractivity contribution in [3.63, 3.8) is 0 Å². The molecule has 3 heterocycles. The predicted molar refractivity (Wildman–Crippen MR) is 174 cm³/mol. The van der Waals surface area contributed by atoms with Crippen LogP contribution >= 0.6 is 0 Å². The van der Waals surface area contributed by atoms with Crippen molar-refractivity contribution >= 4 is 5.91 Å². The zero-order valence-electron chi connectivity index (χ0n) is 26.7. The van der Waals surface area contributed by atoms with Crippen molar-refractivity contribution in [1.82, 2.24) is 19.8 Å². The third-order valence-electron chi connectivity index (χ3n) is 9.37. The average molecular weight is 640 g/mol. The Labute approximate surface area is 270 Å². The lowest BCUT2D eigenvalue weighted by Gasteiger charge is -2.40. The van der Waals surface area contributed by atoms with Gasteiger partial charge in [0.2, 0.25) is 5.91 Å². The van der Waals surface area contributed by atoms with Crippen LogP contribution in [-0.2, 0) is 16.1 Å². The van der Waals surface area contributed by atoms with Gasteiger partial charge in [-0.1, -0.05) is 56.0 Å². The minimum atomic E-state index is -1.06. The topological polar surface area (TPSA) is 85.4 Å². The summed E-state index contributed by atoms with van der Waals surface area (Å²) in [5.41, 5.74) is 7.00. The molecule has 46 heavy (non-hydrogen) atoms. The van der Waals surface area contributed by atoms with Crippen LogP contribution in [0.2, 0.25) is 0 Å². The highest BCUT2D eigenvalue weighted by atomic mass is 19.1. The number of carbonyl (C=O) groups is 1. The molecule has 0 radical (unpaired) electrons. The van der Waals surface area contributed by atoms with E-state index in [4.69, 9.17) is 15.5 Å². The normalized spacial score (nSPS) is 19.4. The molecule has 3 atom stereocenters. The Kier molecular flexibility index (Phi) is 12.7. The minimum absolute atomic E-state index is 0.00326. The molecule has 0 aliphatic carbocycles. The van der Waals surface area contributed by atoms with Gasteiger partial charge in [0.15, 0.2) is 0 Å². The Bertz CT molecular complexity index is 1380. The second-order valence-corrected chi connectivity index (χ2v) is 12.8. The van der Waals surface area contributed by atoms with Gasteiger partial charge >= 0.3 is 0 Å². The fourth-order valence-electron chi connectivity index (χ4n) is 6.81. The highest BCUT2D eigenvalue weighted by Crippen LogP contribution is 2.38. The number of nitrogens with zero attached hydrogens (tertiary/aromatic N) is 3. The number of benzene rings is 2. The largest absolute Gasteiger partial charge is 0.381 e. The van der Waals surface area contributed by atoms with Crippen LogP contribution in [0, 0.1) is 23.5 Å². The van der Waals surface area contributed by atoms with E-state index < -0.39 is 23.8 Å². The molecule has 7 nitrogen and oxygen atoms in total. The van der Waals surface area contributed by atoms with E-state index in [0.717, 1.165) is 62.3 Å². The molecule has 2 aliphatic rings. The van der Waals surface area contributed by atoms with Gasteiger partial charge in [-0.2, -0.15) is 0 Å². The molecule has 2 saturated heterocycles. The SMILES string of the molecule is NCCCCCCCCC(=O)N(C[C@@H]1CNC[C@@H]1F)[C@@H](c1nc(-c2cc(F)ccc2F)cn1Cc1ccccc1)C1CCOCC1. The van der Waals surface area contributed by atoms with Crippen LogP contribution in [0.5, 0.6) is 0 Å². The lowest BCUT2D eigenvalue weighted by Crippen LogP contribution is -2.45. The molecule has 2 aliphatic heterocycles. The van der Waals surface area contributed by atoms with Crippen LogP contribution in [0.3, 0.4) is 0 Å². The first-order chi connectivity index (χ1) is 22.4. The van der Waals surface area contributed by atoms with Crippen molar-refractivity contribution in [3.8, 4) is 11.3 Å². The van der Waals surface area contributed by atoms with Crippen LogP contribution in [-0.4, -0.2) is 65.9 Å². The monoisotopic (exact) mass is 639 g/mol. The number of imidazole rings is 1. The average Bonchev–Trinajstić information content (AvgIpc) is 3.67. The molecule has 0 saturated carbocycles. The predicted octanol–water partition coefficient (Wildman–Crippen LogP) is 6.42. The van der Waals surface area contributed by atoms with Gasteiger partial charge in [0, 0.05) is 63.5 Å². The lowest BCUT2D eigenvalue weighted by molar-refractivity contribution is -0.137. The molecule has 250 valence electrons. The van der Waals surface area contributed by atoms with Gasteiger partial charge in [-0.3, -0.25) is 4.79 Å². The molecular formula is C36H48F3N5O2. The maximum absolute atomic E-state index is 15.1. The van der Waals surface area contributed by atoms with Gasteiger partial charge in [0.25, 0.3) is 0 Å². The summed E-state index contributed by atoms with van der Waals surface area (Å²) in [6.45, 7) is 3.24. The molecule has 1 aromatic heterocycles. The third kappa shape index (κ3) is 8.98. The Hall–Kier alpha value is -3.21. The zero-order valence-corrected chi connectivity index (χ0v) is 26.7. The van der Waals surface area contributed by atoms with Crippen LogP contribution < -0.4 is 11.1 Å². The van der Waals surface area contributed by atoms with Crippen molar-refractivity contribution in [2.45, 2.75) is 76.5 Å². The van der Waals surface area contributed by atoms with Crippen molar-refractivity contribution in [2.75, 3.05) is 39.4 Å². The number of amides is 1. The highest BCUT2D eigenvalue weighted by Gasteiger charge is 2.40. The third-order valence-corrected chi connectivity index (χ3v) is 9.37. The number of halogens is 3. The summed E-state index contributed by atoms with van der Waals surface area (Å²) < 4.78 is 52.3. The number of rotatable bonds is 16. The number of unbranched alkanes of at least 4 members (excludes halogenated alkanes) is 5. The van der Waals surface area contributed by atoms with Crippen LogP contribution in [0.15, 0.2) is 54.7 Å². The number of carbonyl (C=O) groups excluding carboxylic acids is 1. The van der Waals surface area contributed by atoms with Gasteiger partial charge in [-0.15, -0.1) is 0 Å². The van der Waals surface area contributed by atoms with E-state index in [-0.39, 0.29) is 36.4 Å². The van der Waals surface area contributed by atoms with Crippen LogP contribution in [0.1, 0.15) is 75.2 Å². The summed E-state index contributed by atoms with van der Waals surface area (Å²) in [4.78, 5) is 21.1. The van der Waals surface area contributed by atoms with Crippen molar-refractivity contribution in [1.29, 1.82) is 0 Å². The van der Waals surface area contributed by atoms with Crippen LogP contribution in [0.25, 0.3) is 11.3 Å². The van der Waals surface area contributed by atoms with Gasteiger partial charge in [-0.25, -0.2) is 18.2 Å². The summed E-state index contributed by atoms with van der Waals surface area (Å²) in [6.07, 6.45) is 8.39. The Morgan fingerprint density at radius 2 is 1.76 bits per heavy atom. The van der Waals surface area contributed by atoms with Crippen LogP contribution in [0.4, 0.5) is 13.2 Å². The number of hydrogen-bond donors (Lipinski definition) is 2. The molecule has 0 bridgehead atoms. The van der Waals surface area contributed by atoms with E-state index >= 15 is 8.78 Å². The minimum Gasteiger partial charge on any atom is -0.381 e. The number of ether oxygens (including phenoxy) is 1. The number of nitrogens with one attached hydrogen (secondary N) is 1. The quantitative estimate of drug-likeness (QED) is 0.177. The molecule has 10 heteroatoms. The first-order valence-corrected chi connectivity index (χ1v) is 16.9. The molecule has 2 aromatic carbocycles. The Balaban J connectivity index is 1.53. The highest BCUT2D eigenvalue weighted by molar-refractivity contribution is 5.76. The summed E-state index contributed by atoms with van der Waals surface area (Å²) in [6, 6.07) is 12.7. The molecule has 2 fully saturated rings. The number of nitrogens with two attached hydrogens (primary N) is 1. The van der Waals surface area contributed by atoms with Gasteiger partial charge in [0.1, 0.15) is 23.6 Å². The molecule has 3 aromatic rings. The maximum atomic E-state index is 15.1. The van der Waals surface area contributed by atoms with E-state index in [1.165, 1.54) is 0 Å². The smallest absolute Gasteiger partial charge is 0.223 e. The molecule has 1 amide bonds.